The smallest absolute Gasteiger partial charge is 0.184 e. The molecule has 3 nitrogen and oxygen atoms in total. The van der Waals surface area contributed by atoms with E-state index in [1.807, 2.05) is 30.3 Å². The van der Waals surface area contributed by atoms with Crippen molar-refractivity contribution in [1.82, 2.24) is 0 Å². The lowest BCUT2D eigenvalue weighted by Crippen LogP contribution is -1.97. The van der Waals surface area contributed by atoms with E-state index in [2.05, 4.69) is 0 Å². The molecule has 0 spiro atoms. The molecule has 2 rings (SSSR count). The Balaban J connectivity index is 2.84. The Kier molecular flexibility index (Phi) is 2.37. The van der Waals surface area contributed by atoms with E-state index in [0.29, 0.717) is 17.2 Å². The van der Waals surface area contributed by atoms with Gasteiger partial charge in [0.2, 0.25) is 0 Å². The molecular formula is C12H13NO2. The van der Waals surface area contributed by atoms with E-state index in [9.17, 15) is 0 Å². The summed E-state index contributed by atoms with van der Waals surface area (Å²) < 4.78 is 10.6. The number of benzene rings is 2. The van der Waals surface area contributed by atoms with Gasteiger partial charge in [0.25, 0.3) is 0 Å². The van der Waals surface area contributed by atoms with Gasteiger partial charge >= 0.3 is 0 Å². The van der Waals surface area contributed by atoms with Crippen LogP contribution in [0.15, 0.2) is 30.3 Å². The van der Waals surface area contributed by atoms with E-state index < -0.39 is 0 Å². The summed E-state index contributed by atoms with van der Waals surface area (Å²) in [5, 5.41) is 2.05. The molecule has 0 aliphatic carbocycles. The molecule has 0 heterocycles. The number of anilines is 1. The number of methoxy groups -OCH3 is 2. The van der Waals surface area contributed by atoms with Gasteiger partial charge in [-0.05, 0) is 11.5 Å². The molecule has 0 aromatic heterocycles. The second-order valence-corrected chi connectivity index (χ2v) is 3.25. The van der Waals surface area contributed by atoms with Crippen molar-refractivity contribution in [3.63, 3.8) is 0 Å². The van der Waals surface area contributed by atoms with E-state index >= 15 is 0 Å². The lowest BCUT2D eigenvalue weighted by Gasteiger charge is -2.12. The average molecular weight is 203 g/mol. The summed E-state index contributed by atoms with van der Waals surface area (Å²) in [4.78, 5) is 0. The molecule has 0 saturated heterocycles. The van der Waals surface area contributed by atoms with Crippen LogP contribution in [0, 0.1) is 0 Å². The second-order valence-electron chi connectivity index (χ2n) is 3.25. The van der Waals surface area contributed by atoms with E-state index in [1.54, 1.807) is 14.2 Å². The molecule has 15 heavy (non-hydrogen) atoms. The highest BCUT2D eigenvalue weighted by molar-refractivity contribution is 5.94. The Morgan fingerprint density at radius 2 is 1.67 bits per heavy atom. The van der Waals surface area contributed by atoms with Crippen LogP contribution in [0.2, 0.25) is 0 Å². The molecule has 0 radical (unpaired) electrons. The summed E-state index contributed by atoms with van der Waals surface area (Å²) >= 11 is 0. The van der Waals surface area contributed by atoms with Crippen LogP contribution in [0.25, 0.3) is 10.8 Å². The summed E-state index contributed by atoms with van der Waals surface area (Å²) in [5.41, 5.74) is 6.46. The quantitative estimate of drug-likeness (QED) is 0.762. The fourth-order valence-electron chi connectivity index (χ4n) is 1.73. The van der Waals surface area contributed by atoms with E-state index in [0.717, 1.165) is 10.8 Å². The second kappa shape index (κ2) is 3.69. The molecule has 0 saturated carbocycles. The Morgan fingerprint density at radius 1 is 1.00 bits per heavy atom. The van der Waals surface area contributed by atoms with E-state index in [-0.39, 0.29) is 0 Å². The van der Waals surface area contributed by atoms with Gasteiger partial charge in [-0.3, -0.25) is 0 Å². The van der Waals surface area contributed by atoms with Gasteiger partial charge in [0.1, 0.15) is 0 Å². The van der Waals surface area contributed by atoms with Gasteiger partial charge < -0.3 is 15.2 Å². The highest BCUT2D eigenvalue weighted by Crippen LogP contribution is 2.40. The predicted octanol–water partition coefficient (Wildman–Crippen LogP) is 2.44. The fraction of sp³-hybridized carbons (Fsp3) is 0.167. The first-order valence-electron chi connectivity index (χ1n) is 4.67. The van der Waals surface area contributed by atoms with Gasteiger partial charge in [-0.2, -0.15) is 0 Å². The minimum absolute atomic E-state index is 0.591. The van der Waals surface area contributed by atoms with E-state index in [4.69, 9.17) is 15.2 Å². The standard InChI is InChI=1S/C12H13NO2/c1-14-11-9-6-4-3-5-8(9)7-10(13)12(11)15-2/h3-7H,13H2,1-2H3. The summed E-state index contributed by atoms with van der Waals surface area (Å²) in [7, 11) is 3.20. The van der Waals surface area contributed by atoms with Crippen LogP contribution in [-0.4, -0.2) is 14.2 Å². The van der Waals surface area contributed by atoms with Gasteiger partial charge in [0, 0.05) is 5.39 Å². The zero-order valence-corrected chi connectivity index (χ0v) is 8.78. The molecule has 0 amide bonds. The van der Waals surface area contributed by atoms with Crippen molar-refractivity contribution < 1.29 is 9.47 Å². The molecule has 2 N–H and O–H groups in total. The van der Waals surface area contributed by atoms with Crippen molar-refractivity contribution in [2.24, 2.45) is 0 Å². The van der Waals surface area contributed by atoms with Gasteiger partial charge in [-0.25, -0.2) is 0 Å². The third-order valence-electron chi connectivity index (χ3n) is 2.39. The molecule has 0 aliphatic heterocycles. The fourth-order valence-corrected chi connectivity index (χ4v) is 1.73. The maximum absolute atomic E-state index is 5.87. The number of ether oxygens (including phenoxy) is 2. The largest absolute Gasteiger partial charge is 0.492 e. The van der Waals surface area contributed by atoms with Crippen molar-refractivity contribution in [2.45, 2.75) is 0 Å². The SMILES string of the molecule is COc1c(N)cc2ccccc2c1OC. The van der Waals surface area contributed by atoms with Gasteiger partial charge in [0.05, 0.1) is 19.9 Å². The van der Waals surface area contributed by atoms with Gasteiger partial charge in [0.15, 0.2) is 11.5 Å². The van der Waals surface area contributed by atoms with Crippen LogP contribution in [0.5, 0.6) is 11.5 Å². The summed E-state index contributed by atoms with van der Waals surface area (Å²) in [6, 6.07) is 9.79. The first-order valence-corrected chi connectivity index (χ1v) is 4.67. The Morgan fingerprint density at radius 3 is 2.33 bits per heavy atom. The minimum atomic E-state index is 0.591. The van der Waals surface area contributed by atoms with Crippen molar-refractivity contribution >= 4 is 16.5 Å². The Hall–Kier alpha value is -1.90. The summed E-state index contributed by atoms with van der Waals surface area (Å²) in [6.07, 6.45) is 0. The third-order valence-corrected chi connectivity index (χ3v) is 2.39. The summed E-state index contributed by atoms with van der Waals surface area (Å²) in [6.45, 7) is 0. The van der Waals surface area contributed by atoms with Crippen LogP contribution in [-0.2, 0) is 0 Å². The molecule has 0 aliphatic rings. The minimum Gasteiger partial charge on any atom is -0.492 e. The zero-order chi connectivity index (χ0) is 10.8. The monoisotopic (exact) mass is 203 g/mol. The Bertz CT molecular complexity index is 494. The Labute approximate surface area is 88.4 Å². The predicted molar refractivity (Wildman–Crippen MR) is 61.5 cm³/mol. The number of nitrogen functional groups attached to an aromatic ring is 1. The number of hydrogen-bond donors (Lipinski definition) is 1. The molecule has 0 fully saturated rings. The number of nitrogens with two attached hydrogens (primary N) is 1. The zero-order valence-electron chi connectivity index (χ0n) is 8.78. The number of fused-ring (bicyclic) bond motifs is 1. The molecule has 78 valence electrons. The summed E-state index contributed by atoms with van der Waals surface area (Å²) in [5.74, 6) is 1.28. The van der Waals surface area contributed by atoms with Crippen LogP contribution in [0.4, 0.5) is 5.69 Å². The molecule has 2 aromatic carbocycles. The van der Waals surface area contributed by atoms with Crippen LogP contribution in [0.1, 0.15) is 0 Å². The third kappa shape index (κ3) is 1.46. The van der Waals surface area contributed by atoms with Crippen LogP contribution >= 0.6 is 0 Å². The highest BCUT2D eigenvalue weighted by Gasteiger charge is 2.12. The van der Waals surface area contributed by atoms with Crippen LogP contribution in [0.3, 0.4) is 0 Å². The van der Waals surface area contributed by atoms with E-state index in [1.165, 1.54) is 0 Å². The maximum Gasteiger partial charge on any atom is 0.184 e. The lowest BCUT2D eigenvalue weighted by molar-refractivity contribution is 0.360. The van der Waals surface area contributed by atoms with Crippen molar-refractivity contribution in [3.8, 4) is 11.5 Å². The average Bonchev–Trinajstić information content (AvgIpc) is 2.27. The highest BCUT2D eigenvalue weighted by atomic mass is 16.5. The molecule has 0 atom stereocenters. The van der Waals surface area contributed by atoms with Gasteiger partial charge in [-0.1, -0.05) is 24.3 Å². The topological polar surface area (TPSA) is 44.5 Å². The first kappa shape index (κ1) is 9.65. The molecule has 3 heteroatoms. The van der Waals surface area contributed by atoms with Crippen molar-refractivity contribution in [1.29, 1.82) is 0 Å². The number of rotatable bonds is 2. The first-order chi connectivity index (χ1) is 7.27. The van der Waals surface area contributed by atoms with Crippen molar-refractivity contribution in [3.05, 3.63) is 30.3 Å². The van der Waals surface area contributed by atoms with Gasteiger partial charge in [-0.15, -0.1) is 0 Å². The number of hydrogen-bond acceptors (Lipinski definition) is 3. The molecule has 0 bridgehead atoms. The molecule has 2 aromatic rings. The lowest BCUT2D eigenvalue weighted by atomic mass is 10.1. The maximum atomic E-state index is 5.87. The van der Waals surface area contributed by atoms with Crippen LogP contribution < -0.4 is 15.2 Å². The molecular weight excluding hydrogens is 190 g/mol. The van der Waals surface area contributed by atoms with Crippen molar-refractivity contribution in [2.75, 3.05) is 20.0 Å². The normalized spacial score (nSPS) is 10.3. The molecule has 0 unspecified atom stereocenters.